The molecule has 1 fully saturated rings. The summed E-state index contributed by atoms with van der Waals surface area (Å²) in [5, 5.41) is 9.76. The molecule has 106 valence electrons. The van der Waals surface area contributed by atoms with Crippen molar-refractivity contribution in [2.45, 2.75) is 46.0 Å². The Hall–Kier alpha value is -0.710. The Kier molecular flexibility index (Phi) is 5.55. The van der Waals surface area contributed by atoms with Gasteiger partial charge in [0.2, 0.25) is 5.95 Å². The average molecular weight is 327 g/mol. The maximum atomic E-state index is 4.72. The second-order valence-electron chi connectivity index (χ2n) is 5.14. The summed E-state index contributed by atoms with van der Waals surface area (Å²) in [7, 11) is 0. The highest BCUT2D eigenvalue weighted by Crippen LogP contribution is 2.23. The summed E-state index contributed by atoms with van der Waals surface area (Å²) in [5.41, 5.74) is 2.15. The molecule has 0 radical (unpaired) electrons. The van der Waals surface area contributed by atoms with E-state index in [9.17, 15) is 0 Å². The van der Waals surface area contributed by atoms with Gasteiger partial charge >= 0.3 is 0 Å². The molecule has 1 atom stereocenters. The molecule has 0 bridgehead atoms. The van der Waals surface area contributed by atoms with E-state index in [1.54, 1.807) is 0 Å². The van der Waals surface area contributed by atoms with Crippen molar-refractivity contribution in [2.75, 3.05) is 23.3 Å². The van der Waals surface area contributed by atoms with Gasteiger partial charge in [-0.2, -0.15) is 5.10 Å². The first-order valence-electron chi connectivity index (χ1n) is 7.31. The van der Waals surface area contributed by atoms with Crippen LogP contribution in [0.2, 0.25) is 0 Å². The lowest BCUT2D eigenvalue weighted by Crippen LogP contribution is -2.37. The van der Waals surface area contributed by atoms with Gasteiger partial charge in [-0.05, 0) is 38.0 Å². The molecule has 1 unspecified atom stereocenters. The number of hydrogen-bond acceptors (Lipinski definition) is 4. The second-order valence-corrected chi connectivity index (χ2v) is 5.94. The first-order valence-corrected chi connectivity index (χ1v) is 8.44. The fourth-order valence-electron chi connectivity index (χ4n) is 2.70. The third kappa shape index (κ3) is 3.65. The Morgan fingerprint density at radius 1 is 1.21 bits per heavy atom. The topological polar surface area (TPSA) is 41.9 Å². The lowest BCUT2D eigenvalue weighted by atomic mass is 9.96. The van der Waals surface area contributed by atoms with Gasteiger partial charge in [-0.25, -0.2) is 4.98 Å². The molecule has 1 aliphatic rings. The van der Waals surface area contributed by atoms with E-state index in [0.29, 0.717) is 0 Å². The minimum atomic E-state index is 0.757. The van der Waals surface area contributed by atoms with Gasteiger partial charge in [0, 0.05) is 18.4 Å². The summed E-state index contributed by atoms with van der Waals surface area (Å²) in [6.07, 6.45) is 5.64. The normalized spacial score (nSPS) is 19.7. The molecule has 1 aliphatic heterocycles. The fraction of sp³-hybridized carbons (Fsp3) is 0.786. The summed E-state index contributed by atoms with van der Waals surface area (Å²) in [6.45, 7) is 6.38. The molecule has 0 spiro atoms. The molecule has 0 amide bonds. The predicted molar refractivity (Wildman–Crippen MR) is 81.9 cm³/mol. The van der Waals surface area contributed by atoms with Gasteiger partial charge in [0.25, 0.3) is 0 Å². The van der Waals surface area contributed by atoms with Gasteiger partial charge in [0.05, 0.1) is 11.4 Å². The first-order chi connectivity index (χ1) is 9.28. The number of aryl methyl sites for hydroxylation is 2. The minimum Gasteiger partial charge on any atom is -0.339 e. The van der Waals surface area contributed by atoms with Crippen LogP contribution in [-0.4, -0.2) is 33.6 Å². The Morgan fingerprint density at radius 3 is 2.68 bits per heavy atom. The van der Waals surface area contributed by atoms with Gasteiger partial charge in [0.15, 0.2) is 0 Å². The Labute approximate surface area is 124 Å². The second kappa shape index (κ2) is 7.17. The zero-order valence-corrected chi connectivity index (χ0v) is 13.5. The van der Waals surface area contributed by atoms with E-state index in [1.807, 2.05) is 0 Å². The highest BCUT2D eigenvalue weighted by Gasteiger charge is 2.22. The van der Waals surface area contributed by atoms with Crippen LogP contribution >= 0.6 is 15.9 Å². The van der Waals surface area contributed by atoms with Gasteiger partial charge in [-0.3, -0.25) is 0 Å². The van der Waals surface area contributed by atoms with E-state index < -0.39 is 0 Å². The number of aromatic nitrogens is 3. The summed E-state index contributed by atoms with van der Waals surface area (Å²) in [6, 6.07) is 0. The number of hydrogen-bond donors (Lipinski definition) is 0. The quantitative estimate of drug-likeness (QED) is 0.780. The van der Waals surface area contributed by atoms with Crippen molar-refractivity contribution in [1.82, 2.24) is 15.2 Å². The van der Waals surface area contributed by atoms with Gasteiger partial charge in [0.1, 0.15) is 0 Å². The number of anilines is 1. The van der Waals surface area contributed by atoms with Crippen molar-refractivity contribution in [2.24, 2.45) is 5.92 Å². The molecule has 1 aromatic heterocycles. The van der Waals surface area contributed by atoms with Crippen LogP contribution in [0.5, 0.6) is 0 Å². The lowest BCUT2D eigenvalue weighted by molar-refractivity contribution is 0.403. The van der Waals surface area contributed by atoms with E-state index in [1.165, 1.54) is 19.3 Å². The largest absolute Gasteiger partial charge is 0.339 e. The van der Waals surface area contributed by atoms with E-state index in [0.717, 1.165) is 54.5 Å². The van der Waals surface area contributed by atoms with Crippen LogP contribution in [0.15, 0.2) is 0 Å². The number of alkyl halides is 1. The predicted octanol–water partition coefficient (Wildman–Crippen LogP) is 3.00. The Morgan fingerprint density at radius 2 is 2.00 bits per heavy atom. The number of nitrogens with zero attached hydrogens (tertiary/aromatic N) is 4. The minimum absolute atomic E-state index is 0.757. The van der Waals surface area contributed by atoms with E-state index in [2.05, 4.69) is 44.9 Å². The maximum absolute atomic E-state index is 4.72. The zero-order valence-electron chi connectivity index (χ0n) is 11.9. The Bertz CT molecular complexity index is 408. The van der Waals surface area contributed by atoms with Crippen LogP contribution in [0.3, 0.4) is 0 Å². The highest BCUT2D eigenvalue weighted by molar-refractivity contribution is 9.09. The van der Waals surface area contributed by atoms with E-state index >= 15 is 0 Å². The molecule has 0 saturated carbocycles. The molecule has 0 aromatic carbocycles. The smallest absolute Gasteiger partial charge is 0.245 e. The number of halogens is 1. The molecule has 1 aromatic rings. The van der Waals surface area contributed by atoms with Crippen LogP contribution < -0.4 is 4.90 Å². The Balaban J connectivity index is 2.12. The van der Waals surface area contributed by atoms with Crippen LogP contribution in [0.25, 0.3) is 0 Å². The van der Waals surface area contributed by atoms with Crippen LogP contribution in [-0.2, 0) is 12.8 Å². The molecule has 0 N–H and O–H groups in total. The summed E-state index contributed by atoms with van der Waals surface area (Å²) in [4.78, 5) is 7.03. The molecule has 0 aliphatic carbocycles. The SMILES string of the molecule is CCc1nnc(N2CCCC(CCBr)C2)nc1CC. The number of piperidine rings is 1. The molecule has 4 nitrogen and oxygen atoms in total. The summed E-state index contributed by atoms with van der Waals surface area (Å²) >= 11 is 3.54. The highest BCUT2D eigenvalue weighted by atomic mass is 79.9. The van der Waals surface area contributed by atoms with Crippen molar-refractivity contribution in [3.63, 3.8) is 0 Å². The summed E-state index contributed by atoms with van der Waals surface area (Å²) < 4.78 is 0. The van der Waals surface area contributed by atoms with Crippen molar-refractivity contribution in [3.8, 4) is 0 Å². The van der Waals surface area contributed by atoms with Crippen molar-refractivity contribution in [1.29, 1.82) is 0 Å². The van der Waals surface area contributed by atoms with Crippen molar-refractivity contribution in [3.05, 3.63) is 11.4 Å². The standard InChI is InChI=1S/C14H23BrN4/c1-3-12-13(4-2)17-18-14(16-12)19-9-5-6-11(10-19)7-8-15/h11H,3-10H2,1-2H3. The average Bonchev–Trinajstić information content (AvgIpc) is 2.47. The maximum Gasteiger partial charge on any atom is 0.245 e. The monoisotopic (exact) mass is 326 g/mol. The molecular weight excluding hydrogens is 304 g/mol. The molecule has 2 rings (SSSR count). The lowest BCUT2D eigenvalue weighted by Gasteiger charge is -2.32. The van der Waals surface area contributed by atoms with E-state index in [-0.39, 0.29) is 0 Å². The zero-order chi connectivity index (χ0) is 13.7. The summed E-state index contributed by atoms with van der Waals surface area (Å²) in [5.74, 6) is 1.58. The van der Waals surface area contributed by atoms with Crippen LogP contribution in [0.4, 0.5) is 5.95 Å². The number of rotatable bonds is 5. The van der Waals surface area contributed by atoms with E-state index in [4.69, 9.17) is 4.98 Å². The third-order valence-corrected chi connectivity index (χ3v) is 4.28. The molecular formula is C14H23BrN4. The van der Waals surface area contributed by atoms with Gasteiger partial charge < -0.3 is 4.90 Å². The molecule has 5 heteroatoms. The van der Waals surface area contributed by atoms with Crippen molar-refractivity contribution >= 4 is 21.9 Å². The van der Waals surface area contributed by atoms with Crippen molar-refractivity contribution < 1.29 is 0 Å². The fourth-order valence-corrected chi connectivity index (χ4v) is 3.35. The van der Waals surface area contributed by atoms with Gasteiger partial charge in [-0.15, -0.1) is 5.10 Å². The van der Waals surface area contributed by atoms with Gasteiger partial charge in [-0.1, -0.05) is 29.8 Å². The van der Waals surface area contributed by atoms with Crippen LogP contribution in [0, 0.1) is 5.92 Å². The molecule has 1 saturated heterocycles. The third-order valence-electron chi connectivity index (χ3n) is 3.82. The first kappa shape index (κ1) is 14.7. The molecule has 2 heterocycles. The van der Waals surface area contributed by atoms with Crippen LogP contribution in [0.1, 0.15) is 44.5 Å². The molecule has 19 heavy (non-hydrogen) atoms.